The van der Waals surface area contributed by atoms with E-state index >= 15 is 0 Å². The third-order valence-corrected chi connectivity index (χ3v) is 13.2. The van der Waals surface area contributed by atoms with E-state index in [1.54, 1.807) is 0 Å². The smallest absolute Gasteiger partial charge is 0.306 e. The van der Waals surface area contributed by atoms with E-state index in [0.717, 1.165) is 122 Å². The fraction of sp³-hybridized carbons (Fsp3) is 0.671. The number of allylic oxidation sites excluding steroid dienone is 20. The summed E-state index contributed by atoms with van der Waals surface area (Å²) in [6, 6.07) is 0. The summed E-state index contributed by atoms with van der Waals surface area (Å²) >= 11 is 0. The van der Waals surface area contributed by atoms with Gasteiger partial charge in [-0.2, -0.15) is 0 Å². The number of esters is 3. The monoisotopic (exact) mass is 1050 g/mol. The molecular formula is C70H116O6. The molecule has 0 spiro atoms. The number of carbonyl (C=O) groups excluding carboxylic acids is 3. The molecule has 0 aromatic heterocycles. The zero-order valence-corrected chi connectivity index (χ0v) is 49.5. The second-order valence-corrected chi connectivity index (χ2v) is 20.6. The van der Waals surface area contributed by atoms with Crippen LogP contribution >= 0.6 is 0 Å². The van der Waals surface area contributed by atoms with Crippen molar-refractivity contribution in [2.24, 2.45) is 0 Å². The molecule has 432 valence electrons. The summed E-state index contributed by atoms with van der Waals surface area (Å²) in [5.74, 6) is -0.961. The Hall–Kier alpha value is -4.19. The van der Waals surface area contributed by atoms with E-state index in [1.165, 1.54) is 116 Å². The van der Waals surface area contributed by atoms with Crippen LogP contribution in [0.5, 0.6) is 0 Å². The maximum Gasteiger partial charge on any atom is 0.306 e. The molecule has 0 bridgehead atoms. The van der Waals surface area contributed by atoms with Crippen LogP contribution in [0.1, 0.15) is 284 Å². The van der Waals surface area contributed by atoms with E-state index in [4.69, 9.17) is 14.2 Å². The van der Waals surface area contributed by atoms with Crippen molar-refractivity contribution < 1.29 is 28.6 Å². The van der Waals surface area contributed by atoms with E-state index in [-0.39, 0.29) is 37.5 Å². The highest BCUT2D eigenvalue weighted by molar-refractivity contribution is 5.71. The van der Waals surface area contributed by atoms with Crippen LogP contribution < -0.4 is 0 Å². The Labute approximate surface area is 469 Å². The maximum atomic E-state index is 12.9. The first-order valence-corrected chi connectivity index (χ1v) is 31.5. The van der Waals surface area contributed by atoms with E-state index in [2.05, 4.69) is 142 Å². The highest BCUT2D eigenvalue weighted by Crippen LogP contribution is 2.15. The van der Waals surface area contributed by atoms with Crippen LogP contribution in [0.15, 0.2) is 122 Å². The molecule has 0 aliphatic heterocycles. The second-order valence-electron chi connectivity index (χ2n) is 20.6. The molecule has 0 heterocycles. The number of rotatable bonds is 56. The standard InChI is InChI=1S/C70H116O6/c1-4-7-10-13-16-19-22-25-28-30-32-34-35-37-38-40-42-45-48-51-54-57-60-63-69(72)75-66-67(65-74-68(71)62-59-56-53-50-47-44-27-24-21-18-15-12-9-6-3)76-70(73)64-61-58-55-52-49-46-43-41-39-36-33-31-29-26-23-20-17-14-11-8-5-2/h8,11,15,17-18,20,22,24-27,29-30,32-33,36,41,43,49,52,67H,4-7,9-10,12-14,16,19,21,23,28,31,34-35,37-40,42,44-48,50-51,53-66H2,1-3H3/b11-8-,18-15-,20-17-,25-22-,27-24-,29-26-,32-30-,36-33-,43-41-,52-49-. The molecule has 6 heteroatoms. The topological polar surface area (TPSA) is 78.9 Å². The largest absolute Gasteiger partial charge is 0.462 e. The highest BCUT2D eigenvalue weighted by Gasteiger charge is 2.19. The average molecular weight is 1050 g/mol. The molecule has 0 saturated heterocycles. The minimum Gasteiger partial charge on any atom is -0.462 e. The molecule has 0 rings (SSSR count). The van der Waals surface area contributed by atoms with Crippen molar-refractivity contribution in [3.63, 3.8) is 0 Å². The van der Waals surface area contributed by atoms with Gasteiger partial charge in [-0.05, 0) is 128 Å². The summed E-state index contributed by atoms with van der Waals surface area (Å²) < 4.78 is 16.9. The fourth-order valence-electron chi connectivity index (χ4n) is 8.43. The number of hydrogen-bond acceptors (Lipinski definition) is 6. The van der Waals surface area contributed by atoms with Crippen LogP contribution in [-0.4, -0.2) is 37.2 Å². The molecule has 0 amide bonds. The zero-order valence-electron chi connectivity index (χ0n) is 49.5. The van der Waals surface area contributed by atoms with Gasteiger partial charge in [0.05, 0.1) is 0 Å². The van der Waals surface area contributed by atoms with Crippen molar-refractivity contribution in [2.45, 2.75) is 290 Å². The predicted octanol–water partition coefficient (Wildman–Crippen LogP) is 21.6. The molecule has 0 radical (unpaired) electrons. The molecule has 76 heavy (non-hydrogen) atoms. The summed E-state index contributed by atoms with van der Waals surface area (Å²) in [4.78, 5) is 38.3. The quantitative estimate of drug-likeness (QED) is 0.0261. The lowest BCUT2D eigenvalue weighted by Gasteiger charge is -2.18. The normalized spacial score (nSPS) is 12.9. The number of unbranched alkanes of at least 4 members (excludes halogenated alkanes) is 25. The van der Waals surface area contributed by atoms with Gasteiger partial charge in [-0.3, -0.25) is 14.4 Å². The van der Waals surface area contributed by atoms with Gasteiger partial charge in [0, 0.05) is 19.3 Å². The van der Waals surface area contributed by atoms with Crippen LogP contribution in [0.25, 0.3) is 0 Å². The number of hydrogen-bond donors (Lipinski definition) is 0. The average Bonchev–Trinajstić information content (AvgIpc) is 3.42. The van der Waals surface area contributed by atoms with Crippen molar-refractivity contribution in [3.05, 3.63) is 122 Å². The van der Waals surface area contributed by atoms with Crippen LogP contribution in [0, 0.1) is 0 Å². The van der Waals surface area contributed by atoms with Gasteiger partial charge in [-0.1, -0.05) is 258 Å². The van der Waals surface area contributed by atoms with Crippen LogP contribution in [0.3, 0.4) is 0 Å². The minimum absolute atomic E-state index is 0.104. The molecular weight excluding hydrogens is 937 g/mol. The molecule has 0 fully saturated rings. The SMILES string of the molecule is CC/C=C\C/C=C\C/C=C\C/C=C\C/C=C\C/C=C\CCCCC(=O)OC(COC(=O)CCCCCCC/C=C\C/C=C\CCCC)COC(=O)CCCCCCCCCCCCC/C=C\C/C=C\CCCCCCC. The fourth-order valence-corrected chi connectivity index (χ4v) is 8.43. The third kappa shape index (κ3) is 60.7. The summed E-state index contributed by atoms with van der Waals surface area (Å²) in [6.07, 6.45) is 87.7. The molecule has 0 aromatic rings. The lowest BCUT2D eigenvalue weighted by atomic mass is 10.0. The summed E-state index contributed by atoms with van der Waals surface area (Å²) in [5, 5.41) is 0. The van der Waals surface area contributed by atoms with Gasteiger partial charge in [0.1, 0.15) is 13.2 Å². The van der Waals surface area contributed by atoms with Gasteiger partial charge >= 0.3 is 17.9 Å². The molecule has 1 unspecified atom stereocenters. The summed E-state index contributed by atoms with van der Waals surface area (Å²) in [6.45, 7) is 6.44. The van der Waals surface area contributed by atoms with Gasteiger partial charge in [0.15, 0.2) is 6.10 Å². The molecule has 0 aromatic carbocycles. The Morgan fingerprint density at radius 2 is 0.526 bits per heavy atom. The predicted molar refractivity (Wildman–Crippen MR) is 330 cm³/mol. The Balaban J connectivity index is 4.45. The first-order chi connectivity index (χ1) is 37.5. The van der Waals surface area contributed by atoms with Gasteiger partial charge in [-0.25, -0.2) is 0 Å². The van der Waals surface area contributed by atoms with Gasteiger partial charge in [-0.15, -0.1) is 0 Å². The lowest BCUT2D eigenvalue weighted by Crippen LogP contribution is -2.30. The third-order valence-electron chi connectivity index (χ3n) is 13.2. The lowest BCUT2D eigenvalue weighted by molar-refractivity contribution is -0.167. The van der Waals surface area contributed by atoms with Crippen LogP contribution in [0.2, 0.25) is 0 Å². The Bertz CT molecular complexity index is 1590. The van der Waals surface area contributed by atoms with Gasteiger partial charge in [0.2, 0.25) is 0 Å². The molecule has 0 aliphatic rings. The van der Waals surface area contributed by atoms with Gasteiger partial charge in [0.25, 0.3) is 0 Å². The van der Waals surface area contributed by atoms with E-state index in [1.807, 2.05) is 0 Å². The molecule has 0 aliphatic carbocycles. The van der Waals surface area contributed by atoms with Crippen molar-refractivity contribution >= 4 is 17.9 Å². The number of ether oxygens (including phenoxy) is 3. The van der Waals surface area contributed by atoms with Crippen molar-refractivity contribution in [1.82, 2.24) is 0 Å². The van der Waals surface area contributed by atoms with Gasteiger partial charge < -0.3 is 14.2 Å². The summed E-state index contributed by atoms with van der Waals surface area (Å²) in [5.41, 5.74) is 0. The zero-order chi connectivity index (χ0) is 55.0. The second kappa shape index (κ2) is 63.3. The Morgan fingerprint density at radius 1 is 0.276 bits per heavy atom. The van der Waals surface area contributed by atoms with Crippen LogP contribution in [-0.2, 0) is 28.6 Å². The van der Waals surface area contributed by atoms with E-state index in [9.17, 15) is 14.4 Å². The Kier molecular flexibility index (Phi) is 59.9. The molecule has 0 saturated carbocycles. The maximum absolute atomic E-state index is 12.9. The summed E-state index contributed by atoms with van der Waals surface area (Å²) in [7, 11) is 0. The van der Waals surface area contributed by atoms with E-state index in [0.29, 0.717) is 19.3 Å². The van der Waals surface area contributed by atoms with Crippen LogP contribution in [0.4, 0.5) is 0 Å². The molecule has 6 nitrogen and oxygen atoms in total. The van der Waals surface area contributed by atoms with Crippen molar-refractivity contribution in [3.8, 4) is 0 Å². The van der Waals surface area contributed by atoms with E-state index < -0.39 is 6.10 Å². The Morgan fingerprint density at radius 3 is 0.868 bits per heavy atom. The highest BCUT2D eigenvalue weighted by atomic mass is 16.6. The first kappa shape index (κ1) is 71.8. The first-order valence-electron chi connectivity index (χ1n) is 31.5. The van der Waals surface area contributed by atoms with Crippen molar-refractivity contribution in [2.75, 3.05) is 13.2 Å². The van der Waals surface area contributed by atoms with Crippen molar-refractivity contribution in [1.29, 1.82) is 0 Å². The number of carbonyl (C=O) groups is 3. The minimum atomic E-state index is -0.812. The molecule has 0 N–H and O–H groups in total. The molecule has 1 atom stereocenters.